The van der Waals surface area contributed by atoms with Crippen molar-refractivity contribution in [3.63, 3.8) is 0 Å². The molecule has 0 saturated heterocycles. The summed E-state index contributed by atoms with van der Waals surface area (Å²) in [5.74, 6) is 1.40. The predicted octanol–water partition coefficient (Wildman–Crippen LogP) is 4.41. The molecule has 2 nitrogen and oxygen atoms in total. The van der Waals surface area contributed by atoms with Crippen molar-refractivity contribution in [2.75, 3.05) is 0 Å². The SMILES string of the molecule is CCC(C)CC(Cl)Cc1nc2ccccc2o1. The quantitative estimate of drug-likeness (QED) is 0.736. The Hall–Kier alpha value is -1.02. The third kappa shape index (κ3) is 3.22. The molecule has 0 bridgehead atoms. The number of benzene rings is 1. The number of hydrogen-bond donors (Lipinski definition) is 0. The number of nitrogens with zero attached hydrogens (tertiary/aromatic N) is 1. The second-order valence-corrected chi connectivity index (χ2v) is 5.24. The number of hydrogen-bond acceptors (Lipinski definition) is 2. The van der Waals surface area contributed by atoms with Gasteiger partial charge in [0.1, 0.15) is 5.52 Å². The van der Waals surface area contributed by atoms with Gasteiger partial charge in [-0.3, -0.25) is 0 Å². The molecular formula is C14H18ClNO. The monoisotopic (exact) mass is 251 g/mol. The van der Waals surface area contributed by atoms with E-state index in [9.17, 15) is 0 Å². The van der Waals surface area contributed by atoms with Gasteiger partial charge in [-0.1, -0.05) is 32.4 Å². The fourth-order valence-electron chi connectivity index (χ4n) is 1.88. The largest absolute Gasteiger partial charge is 0.441 e. The second kappa shape index (κ2) is 5.54. The average Bonchev–Trinajstić information content (AvgIpc) is 2.70. The highest BCUT2D eigenvalue weighted by Crippen LogP contribution is 2.21. The Bertz CT molecular complexity index is 447. The molecule has 2 rings (SSSR count). The van der Waals surface area contributed by atoms with E-state index in [0.717, 1.165) is 29.8 Å². The Morgan fingerprint density at radius 3 is 2.82 bits per heavy atom. The highest BCUT2D eigenvalue weighted by Gasteiger charge is 2.14. The van der Waals surface area contributed by atoms with E-state index < -0.39 is 0 Å². The molecule has 1 aromatic heterocycles. The van der Waals surface area contributed by atoms with E-state index in [1.165, 1.54) is 0 Å². The van der Waals surface area contributed by atoms with E-state index in [1.54, 1.807) is 0 Å². The summed E-state index contributed by atoms with van der Waals surface area (Å²) in [6.07, 6.45) is 2.88. The Balaban J connectivity index is 2.03. The van der Waals surface area contributed by atoms with E-state index in [2.05, 4.69) is 18.8 Å². The van der Waals surface area contributed by atoms with E-state index in [1.807, 2.05) is 24.3 Å². The lowest BCUT2D eigenvalue weighted by molar-refractivity contribution is 0.466. The highest BCUT2D eigenvalue weighted by atomic mass is 35.5. The van der Waals surface area contributed by atoms with Gasteiger partial charge in [-0.25, -0.2) is 4.98 Å². The Labute approximate surface area is 107 Å². The highest BCUT2D eigenvalue weighted by molar-refractivity contribution is 6.20. The molecule has 0 spiro atoms. The van der Waals surface area contributed by atoms with Gasteiger partial charge in [0.05, 0.1) is 0 Å². The number of aromatic nitrogens is 1. The van der Waals surface area contributed by atoms with Crippen LogP contribution in [-0.4, -0.2) is 10.4 Å². The van der Waals surface area contributed by atoms with Crippen molar-refractivity contribution in [2.24, 2.45) is 5.92 Å². The number of oxazole rings is 1. The van der Waals surface area contributed by atoms with Crippen molar-refractivity contribution in [3.05, 3.63) is 30.2 Å². The fraction of sp³-hybridized carbons (Fsp3) is 0.500. The number of para-hydroxylation sites is 2. The molecule has 1 aromatic carbocycles. The van der Waals surface area contributed by atoms with Crippen LogP contribution in [0.15, 0.2) is 28.7 Å². The minimum atomic E-state index is 0.109. The number of rotatable bonds is 5. The van der Waals surface area contributed by atoms with Gasteiger partial charge in [-0.05, 0) is 24.5 Å². The third-order valence-corrected chi connectivity index (χ3v) is 3.42. The van der Waals surface area contributed by atoms with Gasteiger partial charge in [0.25, 0.3) is 0 Å². The molecule has 17 heavy (non-hydrogen) atoms. The van der Waals surface area contributed by atoms with Crippen LogP contribution in [0, 0.1) is 5.92 Å². The minimum absolute atomic E-state index is 0.109. The average molecular weight is 252 g/mol. The van der Waals surface area contributed by atoms with Crippen LogP contribution in [0.25, 0.3) is 11.1 Å². The van der Waals surface area contributed by atoms with Crippen molar-refractivity contribution in [2.45, 2.75) is 38.5 Å². The molecule has 0 radical (unpaired) electrons. The minimum Gasteiger partial charge on any atom is -0.441 e. The molecule has 0 aliphatic heterocycles. The van der Waals surface area contributed by atoms with Gasteiger partial charge < -0.3 is 4.42 Å². The van der Waals surface area contributed by atoms with E-state index in [0.29, 0.717) is 12.3 Å². The predicted molar refractivity (Wildman–Crippen MR) is 71.4 cm³/mol. The molecule has 92 valence electrons. The summed E-state index contributed by atoms with van der Waals surface area (Å²) in [4.78, 5) is 4.43. The zero-order chi connectivity index (χ0) is 12.3. The van der Waals surface area contributed by atoms with Crippen LogP contribution < -0.4 is 0 Å². The van der Waals surface area contributed by atoms with Crippen LogP contribution in [0.2, 0.25) is 0 Å². The van der Waals surface area contributed by atoms with Crippen molar-refractivity contribution in [1.82, 2.24) is 4.98 Å². The Morgan fingerprint density at radius 2 is 2.12 bits per heavy atom. The normalized spacial score (nSPS) is 15.0. The maximum Gasteiger partial charge on any atom is 0.196 e. The van der Waals surface area contributed by atoms with Gasteiger partial charge in [-0.15, -0.1) is 11.6 Å². The van der Waals surface area contributed by atoms with Crippen molar-refractivity contribution in [3.8, 4) is 0 Å². The molecule has 0 N–H and O–H groups in total. The molecular weight excluding hydrogens is 234 g/mol. The van der Waals surface area contributed by atoms with Gasteiger partial charge in [0.2, 0.25) is 0 Å². The van der Waals surface area contributed by atoms with Crippen molar-refractivity contribution >= 4 is 22.7 Å². The molecule has 2 aromatic rings. The first-order valence-electron chi connectivity index (χ1n) is 6.17. The van der Waals surface area contributed by atoms with Gasteiger partial charge in [-0.2, -0.15) is 0 Å². The van der Waals surface area contributed by atoms with Crippen LogP contribution in [-0.2, 0) is 6.42 Å². The second-order valence-electron chi connectivity index (χ2n) is 4.63. The zero-order valence-corrected chi connectivity index (χ0v) is 11.1. The zero-order valence-electron chi connectivity index (χ0n) is 10.3. The molecule has 0 amide bonds. The lowest BCUT2D eigenvalue weighted by Crippen LogP contribution is -2.08. The number of alkyl halides is 1. The Kier molecular flexibility index (Phi) is 4.06. The lowest BCUT2D eigenvalue weighted by Gasteiger charge is -2.11. The smallest absolute Gasteiger partial charge is 0.196 e. The molecule has 1 heterocycles. The molecule has 0 saturated carbocycles. The molecule has 2 unspecified atom stereocenters. The summed E-state index contributed by atoms with van der Waals surface area (Å²) in [7, 11) is 0. The summed E-state index contributed by atoms with van der Waals surface area (Å²) in [5, 5.41) is 0.109. The standard InChI is InChI=1S/C14H18ClNO/c1-3-10(2)8-11(15)9-14-16-12-6-4-5-7-13(12)17-14/h4-7,10-11H,3,8-9H2,1-2H3. The van der Waals surface area contributed by atoms with Crippen LogP contribution in [0.1, 0.15) is 32.6 Å². The van der Waals surface area contributed by atoms with Crippen LogP contribution in [0.5, 0.6) is 0 Å². The summed E-state index contributed by atoms with van der Waals surface area (Å²) in [6.45, 7) is 4.41. The van der Waals surface area contributed by atoms with Crippen LogP contribution in [0.3, 0.4) is 0 Å². The number of fused-ring (bicyclic) bond motifs is 1. The molecule has 2 atom stereocenters. The first kappa shape index (κ1) is 12.4. The van der Waals surface area contributed by atoms with Gasteiger partial charge in [0.15, 0.2) is 11.5 Å². The molecule has 0 aliphatic carbocycles. The lowest BCUT2D eigenvalue weighted by atomic mass is 10.0. The first-order chi connectivity index (χ1) is 8.19. The summed E-state index contributed by atoms with van der Waals surface area (Å²) < 4.78 is 5.66. The van der Waals surface area contributed by atoms with E-state index >= 15 is 0 Å². The fourth-order valence-corrected chi connectivity index (χ4v) is 2.32. The number of halogens is 1. The van der Waals surface area contributed by atoms with Crippen LogP contribution in [0.4, 0.5) is 0 Å². The molecule has 0 aliphatic rings. The maximum atomic E-state index is 6.32. The van der Waals surface area contributed by atoms with Crippen molar-refractivity contribution in [1.29, 1.82) is 0 Å². The van der Waals surface area contributed by atoms with E-state index in [4.69, 9.17) is 16.0 Å². The van der Waals surface area contributed by atoms with Crippen molar-refractivity contribution < 1.29 is 4.42 Å². The topological polar surface area (TPSA) is 26.0 Å². The van der Waals surface area contributed by atoms with Gasteiger partial charge >= 0.3 is 0 Å². The first-order valence-corrected chi connectivity index (χ1v) is 6.61. The Morgan fingerprint density at radius 1 is 1.35 bits per heavy atom. The summed E-state index contributed by atoms with van der Waals surface area (Å²) in [6, 6.07) is 7.81. The summed E-state index contributed by atoms with van der Waals surface area (Å²) in [5.41, 5.74) is 1.75. The molecule has 3 heteroatoms. The molecule has 0 fully saturated rings. The van der Waals surface area contributed by atoms with Gasteiger partial charge in [0, 0.05) is 11.8 Å². The van der Waals surface area contributed by atoms with Crippen LogP contribution >= 0.6 is 11.6 Å². The van der Waals surface area contributed by atoms with E-state index in [-0.39, 0.29) is 5.38 Å². The third-order valence-electron chi connectivity index (χ3n) is 3.09. The maximum absolute atomic E-state index is 6.32. The summed E-state index contributed by atoms with van der Waals surface area (Å²) >= 11 is 6.32.